The number of nitrogens with one attached hydrogen (secondary N) is 1. The van der Waals surface area contributed by atoms with E-state index in [0.717, 1.165) is 31.5 Å². The van der Waals surface area contributed by atoms with E-state index in [1.165, 1.54) is 0 Å². The molecule has 3 heterocycles. The number of anilines is 2. The lowest BCUT2D eigenvalue weighted by Crippen LogP contribution is -2.45. The van der Waals surface area contributed by atoms with E-state index in [2.05, 4.69) is 10.3 Å². The van der Waals surface area contributed by atoms with Crippen LogP contribution >= 0.6 is 0 Å². The SMILES string of the molecule is Nc1ccc2c(n1)N(CC1CCNCC1)C(=O)C(c1ccccc1)O2. The first-order valence-corrected chi connectivity index (χ1v) is 8.72. The standard InChI is InChI=1S/C19H22N4O2/c20-16-7-6-15-18(22-16)23(12-13-8-10-21-11-9-13)19(24)17(25-15)14-4-2-1-3-5-14/h1-7,13,17,21H,8-12H2,(H2,20,22). The Bertz CT molecular complexity index is 759. The van der Waals surface area contributed by atoms with Gasteiger partial charge in [-0.15, -0.1) is 0 Å². The van der Waals surface area contributed by atoms with Crippen molar-refractivity contribution in [2.75, 3.05) is 30.3 Å². The fourth-order valence-corrected chi connectivity index (χ4v) is 3.50. The number of ether oxygens (including phenoxy) is 1. The molecule has 0 aliphatic carbocycles. The molecule has 130 valence electrons. The van der Waals surface area contributed by atoms with Crippen LogP contribution in [0.2, 0.25) is 0 Å². The largest absolute Gasteiger partial charge is 0.472 e. The van der Waals surface area contributed by atoms with Crippen molar-refractivity contribution in [1.29, 1.82) is 0 Å². The lowest BCUT2D eigenvalue weighted by Gasteiger charge is -2.36. The van der Waals surface area contributed by atoms with Crippen LogP contribution in [-0.4, -0.2) is 30.5 Å². The minimum absolute atomic E-state index is 0.0738. The Balaban J connectivity index is 1.69. The maximum absolute atomic E-state index is 13.2. The monoisotopic (exact) mass is 338 g/mol. The van der Waals surface area contributed by atoms with Gasteiger partial charge in [-0.3, -0.25) is 9.69 Å². The number of aromatic nitrogens is 1. The number of hydrogen-bond acceptors (Lipinski definition) is 5. The summed E-state index contributed by atoms with van der Waals surface area (Å²) in [6, 6.07) is 13.1. The van der Waals surface area contributed by atoms with Crippen LogP contribution in [0.25, 0.3) is 0 Å². The maximum Gasteiger partial charge on any atom is 0.274 e. The van der Waals surface area contributed by atoms with Crippen LogP contribution in [-0.2, 0) is 4.79 Å². The van der Waals surface area contributed by atoms with Gasteiger partial charge in [-0.1, -0.05) is 30.3 Å². The lowest BCUT2D eigenvalue weighted by molar-refractivity contribution is -0.126. The zero-order valence-electron chi connectivity index (χ0n) is 14.0. The summed E-state index contributed by atoms with van der Waals surface area (Å²) in [5.74, 6) is 1.92. The van der Waals surface area contributed by atoms with E-state index in [9.17, 15) is 4.79 Å². The molecular weight excluding hydrogens is 316 g/mol. The molecule has 1 atom stereocenters. The minimum Gasteiger partial charge on any atom is -0.472 e. The number of nitrogen functional groups attached to an aromatic ring is 1. The van der Waals surface area contributed by atoms with Crippen molar-refractivity contribution < 1.29 is 9.53 Å². The van der Waals surface area contributed by atoms with Crippen molar-refractivity contribution in [3.05, 3.63) is 48.0 Å². The zero-order valence-corrected chi connectivity index (χ0v) is 14.0. The summed E-state index contributed by atoms with van der Waals surface area (Å²) < 4.78 is 5.98. The molecule has 4 rings (SSSR count). The second-order valence-electron chi connectivity index (χ2n) is 6.61. The van der Waals surface area contributed by atoms with Crippen molar-refractivity contribution in [1.82, 2.24) is 10.3 Å². The molecule has 1 unspecified atom stereocenters. The number of carbonyl (C=O) groups is 1. The Hall–Kier alpha value is -2.60. The molecule has 1 fully saturated rings. The number of carbonyl (C=O) groups excluding carboxylic acids is 1. The van der Waals surface area contributed by atoms with Crippen molar-refractivity contribution >= 4 is 17.5 Å². The zero-order chi connectivity index (χ0) is 17.2. The smallest absolute Gasteiger partial charge is 0.274 e. The Morgan fingerprint density at radius 1 is 1.16 bits per heavy atom. The Kier molecular flexibility index (Phi) is 4.28. The molecule has 3 N–H and O–H groups in total. The molecule has 0 saturated carbocycles. The molecule has 6 heteroatoms. The van der Waals surface area contributed by atoms with Crippen molar-refractivity contribution in [2.45, 2.75) is 18.9 Å². The summed E-state index contributed by atoms with van der Waals surface area (Å²) in [4.78, 5) is 19.3. The lowest BCUT2D eigenvalue weighted by atomic mass is 9.96. The van der Waals surface area contributed by atoms with Gasteiger partial charge in [0.05, 0.1) is 0 Å². The Labute approximate surface area is 147 Å². The number of amides is 1. The van der Waals surface area contributed by atoms with Crippen LogP contribution in [0.3, 0.4) is 0 Å². The molecule has 1 amide bonds. The number of benzene rings is 1. The van der Waals surface area contributed by atoms with Gasteiger partial charge in [0.2, 0.25) is 6.10 Å². The molecule has 6 nitrogen and oxygen atoms in total. The van der Waals surface area contributed by atoms with E-state index in [1.807, 2.05) is 30.3 Å². The highest BCUT2D eigenvalue weighted by Crippen LogP contribution is 2.38. The summed E-state index contributed by atoms with van der Waals surface area (Å²) in [5.41, 5.74) is 6.71. The number of fused-ring (bicyclic) bond motifs is 1. The number of nitrogens with two attached hydrogens (primary N) is 1. The topological polar surface area (TPSA) is 80.5 Å². The summed E-state index contributed by atoms with van der Waals surface area (Å²) >= 11 is 0. The average Bonchev–Trinajstić information content (AvgIpc) is 2.65. The van der Waals surface area contributed by atoms with Crippen LogP contribution in [0.15, 0.2) is 42.5 Å². The van der Waals surface area contributed by atoms with Crippen LogP contribution in [0.1, 0.15) is 24.5 Å². The van der Waals surface area contributed by atoms with Gasteiger partial charge in [0, 0.05) is 12.1 Å². The van der Waals surface area contributed by atoms with E-state index in [0.29, 0.717) is 29.8 Å². The molecule has 1 aromatic carbocycles. The predicted octanol–water partition coefficient (Wildman–Crippen LogP) is 2.13. The molecule has 2 aliphatic heterocycles. The fraction of sp³-hybridized carbons (Fsp3) is 0.368. The number of pyridine rings is 1. The number of piperidine rings is 1. The second-order valence-corrected chi connectivity index (χ2v) is 6.61. The van der Waals surface area contributed by atoms with Gasteiger partial charge in [0.1, 0.15) is 5.82 Å². The Morgan fingerprint density at radius 3 is 2.68 bits per heavy atom. The molecule has 25 heavy (non-hydrogen) atoms. The molecule has 2 aromatic rings. The van der Waals surface area contributed by atoms with Gasteiger partial charge in [-0.25, -0.2) is 4.98 Å². The maximum atomic E-state index is 13.2. The van der Waals surface area contributed by atoms with Crippen molar-refractivity contribution in [3.8, 4) is 5.75 Å². The summed E-state index contributed by atoms with van der Waals surface area (Å²) in [6.45, 7) is 2.63. The van der Waals surface area contributed by atoms with Gasteiger partial charge >= 0.3 is 0 Å². The highest BCUT2D eigenvalue weighted by Gasteiger charge is 2.37. The van der Waals surface area contributed by atoms with Crippen molar-refractivity contribution in [3.63, 3.8) is 0 Å². The van der Waals surface area contributed by atoms with Crippen LogP contribution in [0.4, 0.5) is 11.6 Å². The fourth-order valence-electron chi connectivity index (χ4n) is 3.50. The highest BCUT2D eigenvalue weighted by atomic mass is 16.5. The number of nitrogens with zero attached hydrogens (tertiary/aromatic N) is 2. The van der Waals surface area contributed by atoms with Gasteiger partial charge in [-0.2, -0.15) is 0 Å². The number of hydrogen-bond donors (Lipinski definition) is 2. The van der Waals surface area contributed by atoms with E-state index >= 15 is 0 Å². The minimum atomic E-state index is -0.638. The van der Waals surface area contributed by atoms with Crippen LogP contribution in [0.5, 0.6) is 5.75 Å². The van der Waals surface area contributed by atoms with Crippen LogP contribution < -0.4 is 20.7 Å². The average molecular weight is 338 g/mol. The molecule has 2 aliphatic rings. The highest BCUT2D eigenvalue weighted by molar-refractivity contribution is 5.99. The first-order valence-electron chi connectivity index (χ1n) is 8.72. The van der Waals surface area contributed by atoms with Gasteiger partial charge in [0.25, 0.3) is 5.91 Å². The quantitative estimate of drug-likeness (QED) is 0.896. The molecule has 0 bridgehead atoms. The second kappa shape index (κ2) is 6.72. The van der Waals surface area contributed by atoms with E-state index < -0.39 is 6.10 Å². The third-order valence-electron chi connectivity index (χ3n) is 4.85. The normalized spacial score (nSPS) is 20.9. The Morgan fingerprint density at radius 2 is 1.92 bits per heavy atom. The van der Waals surface area contributed by atoms with Gasteiger partial charge in [-0.05, 0) is 44.0 Å². The van der Waals surface area contributed by atoms with Crippen molar-refractivity contribution in [2.24, 2.45) is 5.92 Å². The summed E-state index contributed by atoms with van der Waals surface area (Å²) in [6.07, 6.45) is 1.47. The third-order valence-corrected chi connectivity index (χ3v) is 4.85. The molecule has 0 spiro atoms. The molecule has 1 saturated heterocycles. The van der Waals surface area contributed by atoms with E-state index in [4.69, 9.17) is 10.5 Å². The summed E-state index contributed by atoms with van der Waals surface area (Å²) in [5, 5.41) is 3.36. The predicted molar refractivity (Wildman–Crippen MR) is 96.4 cm³/mol. The van der Waals surface area contributed by atoms with Gasteiger partial charge < -0.3 is 15.8 Å². The first-order chi connectivity index (χ1) is 12.2. The summed E-state index contributed by atoms with van der Waals surface area (Å²) in [7, 11) is 0. The molecular formula is C19H22N4O2. The third kappa shape index (κ3) is 3.17. The number of rotatable bonds is 3. The van der Waals surface area contributed by atoms with E-state index in [1.54, 1.807) is 17.0 Å². The van der Waals surface area contributed by atoms with Crippen LogP contribution in [0, 0.1) is 5.92 Å². The first kappa shape index (κ1) is 15.9. The molecule has 1 aromatic heterocycles. The molecule has 0 radical (unpaired) electrons. The van der Waals surface area contributed by atoms with Gasteiger partial charge in [0.15, 0.2) is 11.6 Å². The van der Waals surface area contributed by atoms with E-state index in [-0.39, 0.29) is 5.91 Å².